The van der Waals surface area contributed by atoms with Gasteiger partial charge in [0.15, 0.2) is 0 Å². The van der Waals surface area contributed by atoms with Crippen LogP contribution >= 0.6 is 0 Å². The van der Waals surface area contributed by atoms with Gasteiger partial charge >= 0.3 is 0 Å². The van der Waals surface area contributed by atoms with Crippen molar-refractivity contribution in [3.8, 4) is 5.75 Å². The highest BCUT2D eigenvalue weighted by Crippen LogP contribution is 2.34. The lowest BCUT2D eigenvalue weighted by atomic mass is 9.86. The molecule has 2 aromatic carbocycles. The van der Waals surface area contributed by atoms with E-state index in [-0.39, 0.29) is 17.6 Å². The van der Waals surface area contributed by atoms with Gasteiger partial charge in [0.05, 0.1) is 13.0 Å². The molecule has 1 amide bonds. The van der Waals surface area contributed by atoms with Crippen LogP contribution in [-0.2, 0) is 11.3 Å². The zero-order valence-corrected chi connectivity index (χ0v) is 18.4. The number of benzene rings is 2. The number of hydrogen-bond acceptors (Lipinski definition) is 4. The Bertz CT molecular complexity index is 881. The first-order valence-electron chi connectivity index (χ1n) is 11.1. The number of anilines is 1. The first-order valence-corrected chi connectivity index (χ1v) is 11.1. The minimum atomic E-state index is -0.168. The molecule has 0 saturated carbocycles. The first kappa shape index (κ1) is 21.8. The van der Waals surface area contributed by atoms with E-state index < -0.39 is 0 Å². The molecule has 1 N–H and O–H groups in total. The SMILES string of the molecule is COc1ccc(NC(=O)[C@@H]2C[C@@H](C3CCN(Cc4cccc(F)c4)CC3)N(C)C2)cc1. The summed E-state index contributed by atoms with van der Waals surface area (Å²) in [5, 5.41) is 3.06. The minimum absolute atomic E-state index is 0.0161. The highest BCUT2D eigenvalue weighted by atomic mass is 19.1. The average Bonchev–Trinajstić information content (AvgIpc) is 3.17. The number of carbonyl (C=O) groups excluding carboxylic acids is 1. The zero-order valence-electron chi connectivity index (χ0n) is 18.4. The van der Waals surface area contributed by atoms with Crippen LogP contribution in [0, 0.1) is 17.7 Å². The molecule has 0 spiro atoms. The second-order valence-corrected chi connectivity index (χ2v) is 8.90. The molecule has 0 radical (unpaired) electrons. The number of carbonyl (C=O) groups is 1. The molecule has 4 rings (SSSR count). The van der Waals surface area contributed by atoms with Crippen molar-refractivity contribution < 1.29 is 13.9 Å². The third kappa shape index (κ3) is 5.43. The largest absolute Gasteiger partial charge is 0.497 e. The van der Waals surface area contributed by atoms with Crippen molar-refractivity contribution in [3.63, 3.8) is 0 Å². The molecule has 0 aromatic heterocycles. The summed E-state index contributed by atoms with van der Waals surface area (Å²) in [7, 11) is 3.78. The number of likely N-dealkylation sites (tertiary alicyclic amines) is 2. The van der Waals surface area contributed by atoms with E-state index in [1.54, 1.807) is 19.2 Å². The van der Waals surface area contributed by atoms with Crippen LogP contribution in [-0.4, -0.2) is 55.5 Å². The molecule has 2 aromatic rings. The summed E-state index contributed by atoms with van der Waals surface area (Å²) >= 11 is 0. The summed E-state index contributed by atoms with van der Waals surface area (Å²) in [4.78, 5) is 17.6. The fourth-order valence-electron chi connectivity index (χ4n) is 5.08. The fraction of sp³-hybridized carbons (Fsp3) is 0.480. The third-order valence-electron chi connectivity index (χ3n) is 6.80. The van der Waals surface area contributed by atoms with Crippen LogP contribution in [0.25, 0.3) is 0 Å². The van der Waals surface area contributed by atoms with Gasteiger partial charge in [0.25, 0.3) is 0 Å². The van der Waals surface area contributed by atoms with Gasteiger partial charge < -0.3 is 15.0 Å². The van der Waals surface area contributed by atoms with Gasteiger partial charge in [-0.25, -0.2) is 4.39 Å². The summed E-state index contributed by atoms with van der Waals surface area (Å²) < 4.78 is 18.6. The number of halogens is 1. The highest BCUT2D eigenvalue weighted by Gasteiger charge is 2.39. The topological polar surface area (TPSA) is 44.8 Å². The van der Waals surface area contributed by atoms with Crippen LogP contribution in [0.15, 0.2) is 48.5 Å². The Morgan fingerprint density at radius 3 is 2.58 bits per heavy atom. The summed E-state index contributed by atoms with van der Waals surface area (Å²) in [5.41, 5.74) is 1.84. The Hall–Kier alpha value is -2.44. The monoisotopic (exact) mass is 425 g/mol. The lowest BCUT2D eigenvalue weighted by Crippen LogP contribution is -2.41. The average molecular weight is 426 g/mol. The molecule has 2 saturated heterocycles. The van der Waals surface area contributed by atoms with Crippen LogP contribution in [0.4, 0.5) is 10.1 Å². The fourth-order valence-corrected chi connectivity index (χ4v) is 5.08. The second kappa shape index (κ2) is 9.79. The van der Waals surface area contributed by atoms with Crippen LogP contribution in [0.2, 0.25) is 0 Å². The van der Waals surface area contributed by atoms with Crippen LogP contribution in [0.1, 0.15) is 24.8 Å². The molecule has 2 aliphatic heterocycles. The number of methoxy groups -OCH3 is 1. The Labute approximate surface area is 184 Å². The van der Waals surface area contributed by atoms with Gasteiger partial charge in [-0.1, -0.05) is 12.1 Å². The van der Waals surface area contributed by atoms with Gasteiger partial charge in [0.2, 0.25) is 5.91 Å². The Balaban J connectivity index is 1.27. The van der Waals surface area contributed by atoms with Gasteiger partial charge in [-0.05, 0) is 87.3 Å². The molecule has 2 atom stereocenters. The van der Waals surface area contributed by atoms with Gasteiger partial charge in [0.1, 0.15) is 11.6 Å². The van der Waals surface area contributed by atoms with E-state index in [2.05, 4.69) is 22.2 Å². The van der Waals surface area contributed by atoms with Crippen molar-refractivity contribution in [2.75, 3.05) is 39.1 Å². The summed E-state index contributed by atoms with van der Waals surface area (Å²) in [6.07, 6.45) is 3.15. The second-order valence-electron chi connectivity index (χ2n) is 8.90. The number of nitrogens with one attached hydrogen (secondary N) is 1. The molecule has 5 nitrogen and oxygen atoms in total. The van der Waals surface area contributed by atoms with E-state index in [4.69, 9.17) is 4.74 Å². The zero-order chi connectivity index (χ0) is 21.8. The predicted octanol–water partition coefficient (Wildman–Crippen LogP) is 4.01. The van der Waals surface area contributed by atoms with Crippen LogP contribution < -0.4 is 10.1 Å². The first-order chi connectivity index (χ1) is 15.0. The van der Waals surface area contributed by atoms with Crippen molar-refractivity contribution in [1.29, 1.82) is 0 Å². The lowest BCUT2D eigenvalue weighted by molar-refractivity contribution is -0.119. The molecule has 2 heterocycles. The quantitative estimate of drug-likeness (QED) is 0.760. The molecule has 166 valence electrons. The predicted molar refractivity (Wildman–Crippen MR) is 121 cm³/mol. The van der Waals surface area contributed by atoms with E-state index in [9.17, 15) is 9.18 Å². The van der Waals surface area contributed by atoms with Crippen LogP contribution in [0.3, 0.4) is 0 Å². The van der Waals surface area contributed by atoms with E-state index >= 15 is 0 Å². The highest BCUT2D eigenvalue weighted by molar-refractivity contribution is 5.93. The molecular weight excluding hydrogens is 393 g/mol. The van der Waals surface area contributed by atoms with E-state index in [0.717, 1.165) is 62.4 Å². The number of hydrogen-bond donors (Lipinski definition) is 1. The molecule has 0 unspecified atom stereocenters. The molecule has 6 heteroatoms. The Kier molecular flexibility index (Phi) is 6.88. The van der Waals surface area contributed by atoms with E-state index in [1.807, 2.05) is 30.3 Å². The molecule has 0 aliphatic carbocycles. The molecule has 2 fully saturated rings. The van der Waals surface area contributed by atoms with Crippen LogP contribution in [0.5, 0.6) is 5.75 Å². The lowest BCUT2D eigenvalue weighted by Gasteiger charge is -2.37. The molecule has 0 bridgehead atoms. The number of nitrogens with zero attached hydrogens (tertiary/aromatic N) is 2. The van der Waals surface area contributed by atoms with Crippen molar-refractivity contribution in [3.05, 3.63) is 59.9 Å². The van der Waals surface area contributed by atoms with Gasteiger partial charge in [-0.3, -0.25) is 9.69 Å². The van der Waals surface area contributed by atoms with Gasteiger partial charge in [0, 0.05) is 24.8 Å². The van der Waals surface area contributed by atoms with E-state index in [0.29, 0.717) is 12.0 Å². The number of piperidine rings is 1. The minimum Gasteiger partial charge on any atom is -0.497 e. The number of amides is 1. The standard InChI is InChI=1S/C25H32FN3O2/c1-28-17-20(25(30)27-22-6-8-23(31-2)9-7-22)15-24(28)19-10-12-29(13-11-19)16-18-4-3-5-21(26)14-18/h3-9,14,19-20,24H,10-13,15-17H2,1-2H3,(H,27,30)/t20-,24+/m1/s1. The maximum atomic E-state index is 13.4. The number of rotatable bonds is 6. The van der Waals surface area contributed by atoms with Crippen molar-refractivity contribution in [2.45, 2.75) is 31.8 Å². The molecule has 2 aliphatic rings. The van der Waals surface area contributed by atoms with Crippen molar-refractivity contribution in [1.82, 2.24) is 9.80 Å². The Morgan fingerprint density at radius 1 is 1.16 bits per heavy atom. The maximum Gasteiger partial charge on any atom is 0.228 e. The summed E-state index contributed by atoms with van der Waals surface area (Å²) in [6, 6.07) is 14.8. The smallest absolute Gasteiger partial charge is 0.228 e. The Morgan fingerprint density at radius 2 is 1.90 bits per heavy atom. The normalized spacial score (nSPS) is 23.1. The summed E-state index contributed by atoms with van der Waals surface area (Å²) in [6.45, 7) is 3.65. The maximum absolute atomic E-state index is 13.4. The van der Waals surface area contributed by atoms with E-state index in [1.165, 1.54) is 6.07 Å². The molecule has 31 heavy (non-hydrogen) atoms. The third-order valence-corrected chi connectivity index (χ3v) is 6.80. The van der Waals surface area contributed by atoms with Gasteiger partial charge in [-0.15, -0.1) is 0 Å². The van der Waals surface area contributed by atoms with Crippen molar-refractivity contribution >= 4 is 11.6 Å². The molecular formula is C25H32FN3O2. The van der Waals surface area contributed by atoms with Crippen molar-refractivity contribution in [2.24, 2.45) is 11.8 Å². The van der Waals surface area contributed by atoms with Gasteiger partial charge in [-0.2, -0.15) is 0 Å². The summed E-state index contributed by atoms with van der Waals surface area (Å²) in [5.74, 6) is 1.33. The number of ether oxygens (including phenoxy) is 1.